The summed E-state index contributed by atoms with van der Waals surface area (Å²) in [7, 11) is 1.54. The van der Waals surface area contributed by atoms with Crippen molar-refractivity contribution in [2.75, 3.05) is 31.6 Å². The molecular weight excluding hydrogens is 324 g/mol. The van der Waals surface area contributed by atoms with Gasteiger partial charge in [-0.25, -0.2) is 0 Å². The largest absolute Gasteiger partial charge is 0.495 e. The standard InChI is InChI=1S/C18H24N2O5/c1-4-19(8-7-17(22)23)18(24)13-10-16(21)20(11-13)14-9-12(2)5-6-15(14)25-3/h5-6,9,13H,4,7-8,10-11H2,1-3H3,(H,22,23). The van der Waals surface area contributed by atoms with Crippen molar-refractivity contribution in [3.05, 3.63) is 23.8 Å². The SMILES string of the molecule is CCN(CCC(=O)O)C(=O)C1CC(=O)N(c2cc(C)ccc2OC)C1. The van der Waals surface area contributed by atoms with Crippen LogP contribution in [0.4, 0.5) is 5.69 Å². The lowest BCUT2D eigenvalue weighted by molar-refractivity contribution is -0.139. The molecule has 136 valence electrons. The van der Waals surface area contributed by atoms with E-state index in [-0.39, 0.29) is 37.7 Å². The minimum absolute atomic E-state index is 0.102. The van der Waals surface area contributed by atoms with Gasteiger partial charge in [0.05, 0.1) is 25.1 Å². The minimum atomic E-state index is -0.945. The Labute approximate surface area is 147 Å². The van der Waals surface area contributed by atoms with Gasteiger partial charge >= 0.3 is 5.97 Å². The number of hydrogen-bond donors (Lipinski definition) is 1. The zero-order chi connectivity index (χ0) is 18.6. The van der Waals surface area contributed by atoms with Gasteiger partial charge in [-0.05, 0) is 31.5 Å². The van der Waals surface area contributed by atoms with Crippen LogP contribution in [-0.4, -0.2) is 54.5 Å². The van der Waals surface area contributed by atoms with Crippen molar-refractivity contribution in [1.29, 1.82) is 0 Å². The maximum Gasteiger partial charge on any atom is 0.305 e. The molecule has 1 N–H and O–H groups in total. The highest BCUT2D eigenvalue weighted by Gasteiger charge is 2.38. The Morgan fingerprint density at radius 2 is 2.12 bits per heavy atom. The van der Waals surface area contributed by atoms with Crippen molar-refractivity contribution in [2.24, 2.45) is 5.92 Å². The maximum absolute atomic E-state index is 12.7. The van der Waals surface area contributed by atoms with Crippen molar-refractivity contribution in [1.82, 2.24) is 4.90 Å². The number of amides is 2. The second-order valence-electron chi connectivity index (χ2n) is 6.14. The summed E-state index contributed by atoms with van der Waals surface area (Å²) in [5, 5.41) is 8.81. The highest BCUT2D eigenvalue weighted by Crippen LogP contribution is 2.34. The maximum atomic E-state index is 12.7. The normalized spacial score (nSPS) is 16.8. The van der Waals surface area contributed by atoms with Gasteiger partial charge in [0.25, 0.3) is 0 Å². The molecule has 2 rings (SSSR count). The Balaban J connectivity index is 2.15. The summed E-state index contributed by atoms with van der Waals surface area (Å²) in [5.74, 6) is -1.13. The fourth-order valence-corrected chi connectivity index (χ4v) is 3.03. The monoisotopic (exact) mass is 348 g/mol. The number of aliphatic carboxylic acids is 1. The first-order valence-electron chi connectivity index (χ1n) is 8.33. The lowest BCUT2D eigenvalue weighted by Crippen LogP contribution is -2.38. The molecule has 1 aliphatic rings. The van der Waals surface area contributed by atoms with Crippen LogP contribution in [0, 0.1) is 12.8 Å². The fraction of sp³-hybridized carbons (Fsp3) is 0.500. The molecule has 0 aromatic heterocycles. The summed E-state index contributed by atoms with van der Waals surface area (Å²) in [6, 6.07) is 5.57. The molecule has 0 saturated carbocycles. The van der Waals surface area contributed by atoms with E-state index in [1.807, 2.05) is 19.1 Å². The number of carboxylic acid groups (broad SMARTS) is 1. The second-order valence-corrected chi connectivity index (χ2v) is 6.14. The molecule has 1 aromatic rings. The molecule has 2 amide bonds. The summed E-state index contributed by atoms with van der Waals surface area (Å²) in [6.45, 7) is 4.59. The van der Waals surface area contributed by atoms with Crippen molar-refractivity contribution in [2.45, 2.75) is 26.7 Å². The van der Waals surface area contributed by atoms with Crippen LogP contribution in [-0.2, 0) is 14.4 Å². The quantitative estimate of drug-likeness (QED) is 0.810. The molecule has 1 fully saturated rings. The molecule has 1 heterocycles. The number of aryl methyl sites for hydroxylation is 1. The Hall–Kier alpha value is -2.57. The predicted octanol–water partition coefficient (Wildman–Crippen LogP) is 1.68. The highest BCUT2D eigenvalue weighted by atomic mass is 16.5. The third kappa shape index (κ3) is 4.29. The number of anilines is 1. The molecule has 0 aliphatic carbocycles. The molecule has 25 heavy (non-hydrogen) atoms. The molecule has 1 saturated heterocycles. The Bertz CT molecular complexity index is 673. The van der Waals surface area contributed by atoms with Crippen molar-refractivity contribution in [3.63, 3.8) is 0 Å². The summed E-state index contributed by atoms with van der Waals surface area (Å²) < 4.78 is 5.34. The van der Waals surface area contributed by atoms with Gasteiger partial charge in [0.1, 0.15) is 5.75 Å². The van der Waals surface area contributed by atoms with E-state index in [1.54, 1.807) is 25.0 Å². The van der Waals surface area contributed by atoms with Crippen LogP contribution in [0.2, 0.25) is 0 Å². The van der Waals surface area contributed by atoms with Gasteiger partial charge in [0, 0.05) is 26.1 Å². The number of ether oxygens (including phenoxy) is 1. The summed E-state index contributed by atoms with van der Waals surface area (Å²) >= 11 is 0. The van der Waals surface area contributed by atoms with Crippen LogP contribution in [0.5, 0.6) is 5.75 Å². The number of rotatable bonds is 7. The van der Waals surface area contributed by atoms with Crippen LogP contribution in [0.1, 0.15) is 25.3 Å². The molecule has 1 aliphatic heterocycles. The molecule has 1 atom stereocenters. The van der Waals surface area contributed by atoms with E-state index in [1.165, 1.54) is 4.90 Å². The minimum Gasteiger partial charge on any atom is -0.495 e. The van der Waals surface area contributed by atoms with E-state index in [0.717, 1.165) is 5.56 Å². The van der Waals surface area contributed by atoms with Gasteiger partial charge in [0.15, 0.2) is 0 Å². The smallest absolute Gasteiger partial charge is 0.305 e. The molecule has 1 aromatic carbocycles. The summed E-state index contributed by atoms with van der Waals surface area (Å²) in [4.78, 5) is 38.9. The van der Waals surface area contributed by atoms with Gasteiger partial charge in [0.2, 0.25) is 11.8 Å². The number of methoxy groups -OCH3 is 1. The molecule has 0 bridgehead atoms. The van der Waals surface area contributed by atoms with E-state index in [9.17, 15) is 14.4 Å². The Morgan fingerprint density at radius 3 is 2.72 bits per heavy atom. The van der Waals surface area contributed by atoms with Gasteiger partial charge in [-0.15, -0.1) is 0 Å². The first kappa shape index (κ1) is 18.8. The Morgan fingerprint density at radius 1 is 1.40 bits per heavy atom. The van der Waals surface area contributed by atoms with Crippen molar-refractivity contribution >= 4 is 23.5 Å². The van der Waals surface area contributed by atoms with E-state index in [0.29, 0.717) is 18.0 Å². The number of carbonyl (C=O) groups is 3. The zero-order valence-corrected chi connectivity index (χ0v) is 14.8. The predicted molar refractivity (Wildman–Crippen MR) is 92.7 cm³/mol. The van der Waals surface area contributed by atoms with E-state index in [2.05, 4.69) is 0 Å². The van der Waals surface area contributed by atoms with Gasteiger partial charge in [-0.1, -0.05) is 6.07 Å². The van der Waals surface area contributed by atoms with Gasteiger partial charge in [-0.3, -0.25) is 14.4 Å². The number of hydrogen-bond acceptors (Lipinski definition) is 4. The Kier molecular flexibility index (Phi) is 6.01. The molecule has 7 heteroatoms. The second kappa shape index (κ2) is 8.00. The third-order valence-corrected chi connectivity index (χ3v) is 4.39. The average molecular weight is 348 g/mol. The van der Waals surface area contributed by atoms with Crippen LogP contribution in [0.15, 0.2) is 18.2 Å². The topological polar surface area (TPSA) is 87.2 Å². The van der Waals surface area contributed by atoms with Gasteiger partial charge < -0.3 is 19.6 Å². The molecular formula is C18H24N2O5. The number of carbonyl (C=O) groups excluding carboxylic acids is 2. The van der Waals surface area contributed by atoms with Crippen LogP contribution < -0.4 is 9.64 Å². The van der Waals surface area contributed by atoms with Crippen molar-refractivity contribution in [3.8, 4) is 5.75 Å². The fourth-order valence-electron chi connectivity index (χ4n) is 3.03. The first-order chi connectivity index (χ1) is 11.9. The lowest BCUT2D eigenvalue weighted by Gasteiger charge is -2.24. The van der Waals surface area contributed by atoms with Gasteiger partial charge in [-0.2, -0.15) is 0 Å². The zero-order valence-electron chi connectivity index (χ0n) is 14.8. The molecule has 1 unspecified atom stereocenters. The molecule has 0 spiro atoms. The van der Waals surface area contributed by atoms with Crippen LogP contribution in [0.25, 0.3) is 0 Å². The van der Waals surface area contributed by atoms with E-state index in [4.69, 9.17) is 9.84 Å². The van der Waals surface area contributed by atoms with Crippen LogP contribution >= 0.6 is 0 Å². The van der Waals surface area contributed by atoms with E-state index >= 15 is 0 Å². The molecule has 7 nitrogen and oxygen atoms in total. The molecule has 0 radical (unpaired) electrons. The first-order valence-corrected chi connectivity index (χ1v) is 8.33. The van der Waals surface area contributed by atoms with E-state index < -0.39 is 11.9 Å². The third-order valence-electron chi connectivity index (χ3n) is 4.39. The number of nitrogens with zero attached hydrogens (tertiary/aromatic N) is 2. The van der Waals surface area contributed by atoms with Crippen LogP contribution in [0.3, 0.4) is 0 Å². The highest BCUT2D eigenvalue weighted by molar-refractivity contribution is 6.01. The summed E-state index contributed by atoms with van der Waals surface area (Å²) in [6.07, 6.45) is 0.0230. The number of benzene rings is 1. The lowest BCUT2D eigenvalue weighted by atomic mass is 10.1. The summed E-state index contributed by atoms with van der Waals surface area (Å²) in [5.41, 5.74) is 1.66. The van der Waals surface area contributed by atoms with Crippen molar-refractivity contribution < 1.29 is 24.2 Å². The number of carboxylic acids is 1. The average Bonchev–Trinajstić information content (AvgIpc) is 2.96.